The number of hydrogen-bond acceptors (Lipinski definition) is 4. The molecule has 2 aliphatic rings. The molecule has 2 heterocycles. The number of hydrogen-bond donors (Lipinski definition) is 0. The van der Waals surface area contributed by atoms with Crippen LogP contribution in [0.5, 0.6) is 11.5 Å². The Labute approximate surface area is 174 Å². The summed E-state index contributed by atoms with van der Waals surface area (Å²) in [5.41, 5.74) is 4.28. The van der Waals surface area contributed by atoms with Gasteiger partial charge in [0, 0.05) is 37.3 Å². The molecule has 0 spiro atoms. The van der Waals surface area contributed by atoms with Crippen LogP contribution in [0.4, 0.5) is 8.78 Å². The molecule has 0 saturated carbocycles. The third kappa shape index (κ3) is 4.15. The molecule has 0 N–H and O–H groups in total. The van der Waals surface area contributed by atoms with Crippen LogP contribution in [-0.4, -0.2) is 23.3 Å². The van der Waals surface area contributed by atoms with E-state index >= 15 is 0 Å². The standard InChI is InChI=1S/C24H22F2N2O2/c25-21-5-1-17(2-6-21)11-27-13-19-9-24-20(10-23(19)29-15-27)14-28(16-30-24)12-18-3-7-22(26)8-4-18/h1-10H,11-16H2. The third-order valence-electron chi connectivity index (χ3n) is 5.48. The number of benzene rings is 3. The molecule has 0 amide bonds. The minimum absolute atomic E-state index is 0.226. The molecule has 6 heteroatoms. The summed E-state index contributed by atoms with van der Waals surface area (Å²) in [6, 6.07) is 17.3. The van der Waals surface area contributed by atoms with Crippen LogP contribution in [0.25, 0.3) is 0 Å². The average molecular weight is 408 g/mol. The topological polar surface area (TPSA) is 24.9 Å². The molecule has 4 nitrogen and oxygen atoms in total. The van der Waals surface area contributed by atoms with Crippen LogP contribution in [0.2, 0.25) is 0 Å². The lowest BCUT2D eigenvalue weighted by atomic mass is 10.1. The van der Waals surface area contributed by atoms with Gasteiger partial charge in [-0.15, -0.1) is 0 Å². The van der Waals surface area contributed by atoms with Gasteiger partial charge in [0.05, 0.1) is 0 Å². The Kier molecular flexibility index (Phi) is 5.11. The van der Waals surface area contributed by atoms with Gasteiger partial charge in [0.15, 0.2) is 0 Å². The van der Waals surface area contributed by atoms with Gasteiger partial charge in [-0.3, -0.25) is 9.80 Å². The molecule has 154 valence electrons. The Morgan fingerprint density at radius 2 is 1.03 bits per heavy atom. The van der Waals surface area contributed by atoms with E-state index in [-0.39, 0.29) is 11.6 Å². The smallest absolute Gasteiger partial charge is 0.142 e. The second-order valence-electron chi connectivity index (χ2n) is 7.84. The molecule has 0 saturated heterocycles. The van der Waals surface area contributed by atoms with E-state index in [2.05, 4.69) is 21.9 Å². The van der Waals surface area contributed by atoms with Crippen molar-refractivity contribution in [2.45, 2.75) is 26.2 Å². The lowest BCUT2D eigenvalue weighted by Crippen LogP contribution is -2.34. The van der Waals surface area contributed by atoms with Gasteiger partial charge >= 0.3 is 0 Å². The SMILES string of the molecule is Fc1ccc(CN2COc3cc4c(cc3C2)OCN(Cc2ccc(F)cc2)C4)cc1. The first-order chi connectivity index (χ1) is 14.6. The minimum atomic E-state index is -0.226. The Balaban J connectivity index is 1.26. The van der Waals surface area contributed by atoms with E-state index in [9.17, 15) is 8.78 Å². The van der Waals surface area contributed by atoms with Crippen molar-refractivity contribution >= 4 is 0 Å². The fourth-order valence-electron chi connectivity index (χ4n) is 3.95. The Hall–Kier alpha value is -2.96. The first kappa shape index (κ1) is 19.0. The zero-order chi connectivity index (χ0) is 20.5. The minimum Gasteiger partial charge on any atom is -0.478 e. The van der Waals surface area contributed by atoms with E-state index in [1.54, 1.807) is 24.3 Å². The first-order valence-electron chi connectivity index (χ1n) is 9.97. The molecule has 0 atom stereocenters. The first-order valence-corrected chi connectivity index (χ1v) is 9.97. The van der Waals surface area contributed by atoms with E-state index in [4.69, 9.17) is 9.47 Å². The summed E-state index contributed by atoms with van der Waals surface area (Å²) in [5, 5.41) is 0. The summed E-state index contributed by atoms with van der Waals surface area (Å²) in [6.07, 6.45) is 0. The van der Waals surface area contributed by atoms with Crippen molar-refractivity contribution in [2.24, 2.45) is 0 Å². The molecule has 3 aromatic carbocycles. The molecular formula is C24H22F2N2O2. The zero-order valence-electron chi connectivity index (χ0n) is 16.5. The Morgan fingerprint density at radius 3 is 1.43 bits per heavy atom. The molecule has 3 aromatic rings. The second-order valence-corrected chi connectivity index (χ2v) is 7.84. The second kappa shape index (κ2) is 8.05. The number of halogens is 2. The molecule has 0 aliphatic carbocycles. The maximum atomic E-state index is 13.1. The number of ether oxygens (including phenoxy) is 2. The molecule has 0 radical (unpaired) electrons. The molecule has 0 unspecified atom stereocenters. The van der Waals surface area contributed by atoms with Gasteiger partial charge < -0.3 is 9.47 Å². The number of nitrogens with zero attached hydrogens (tertiary/aromatic N) is 2. The van der Waals surface area contributed by atoms with Crippen molar-refractivity contribution in [2.75, 3.05) is 13.5 Å². The molecule has 0 fully saturated rings. The van der Waals surface area contributed by atoms with Crippen LogP contribution in [0, 0.1) is 11.6 Å². The van der Waals surface area contributed by atoms with Crippen molar-refractivity contribution in [1.29, 1.82) is 0 Å². The molecule has 0 bridgehead atoms. The van der Waals surface area contributed by atoms with Crippen LogP contribution in [0.1, 0.15) is 22.3 Å². The summed E-state index contributed by atoms with van der Waals surface area (Å²) in [6.45, 7) is 3.88. The summed E-state index contributed by atoms with van der Waals surface area (Å²) in [7, 11) is 0. The largest absolute Gasteiger partial charge is 0.478 e. The number of fused-ring (bicyclic) bond motifs is 2. The van der Waals surface area contributed by atoms with Gasteiger partial charge in [-0.2, -0.15) is 0 Å². The van der Waals surface area contributed by atoms with E-state index < -0.39 is 0 Å². The Bertz CT molecular complexity index is 953. The van der Waals surface area contributed by atoms with Gasteiger partial charge in [0.2, 0.25) is 0 Å². The average Bonchev–Trinajstić information content (AvgIpc) is 2.75. The van der Waals surface area contributed by atoms with Crippen molar-refractivity contribution in [3.8, 4) is 11.5 Å². The summed E-state index contributed by atoms with van der Waals surface area (Å²) in [4.78, 5) is 4.34. The van der Waals surface area contributed by atoms with E-state index in [1.165, 1.54) is 24.3 Å². The fraction of sp³-hybridized carbons (Fsp3) is 0.250. The zero-order valence-corrected chi connectivity index (χ0v) is 16.5. The molecule has 0 aromatic heterocycles. The highest BCUT2D eigenvalue weighted by molar-refractivity contribution is 5.48. The molecular weight excluding hydrogens is 386 g/mol. The van der Waals surface area contributed by atoms with Gasteiger partial charge in [-0.1, -0.05) is 24.3 Å². The van der Waals surface area contributed by atoms with E-state index in [0.29, 0.717) is 26.6 Å². The lowest BCUT2D eigenvalue weighted by molar-refractivity contribution is 0.0784. The summed E-state index contributed by atoms with van der Waals surface area (Å²) in [5.74, 6) is 1.32. The van der Waals surface area contributed by atoms with Crippen molar-refractivity contribution < 1.29 is 18.3 Å². The maximum absolute atomic E-state index is 13.1. The van der Waals surface area contributed by atoms with Gasteiger partial charge in [0.25, 0.3) is 0 Å². The van der Waals surface area contributed by atoms with Crippen LogP contribution in [-0.2, 0) is 26.2 Å². The van der Waals surface area contributed by atoms with Crippen LogP contribution in [0.15, 0.2) is 60.7 Å². The summed E-state index contributed by atoms with van der Waals surface area (Å²) >= 11 is 0. The summed E-state index contributed by atoms with van der Waals surface area (Å²) < 4.78 is 38.2. The Morgan fingerprint density at radius 1 is 0.633 bits per heavy atom. The van der Waals surface area contributed by atoms with E-state index in [1.807, 2.05) is 0 Å². The van der Waals surface area contributed by atoms with Crippen molar-refractivity contribution in [1.82, 2.24) is 9.80 Å². The van der Waals surface area contributed by atoms with Crippen LogP contribution < -0.4 is 9.47 Å². The van der Waals surface area contributed by atoms with E-state index in [0.717, 1.165) is 46.8 Å². The normalized spacial score (nSPS) is 16.3. The highest BCUT2D eigenvalue weighted by Crippen LogP contribution is 2.35. The predicted octanol–water partition coefficient (Wildman–Crippen LogP) is 4.67. The lowest BCUT2D eigenvalue weighted by Gasteiger charge is -2.33. The highest BCUT2D eigenvalue weighted by atomic mass is 19.1. The maximum Gasteiger partial charge on any atom is 0.142 e. The van der Waals surface area contributed by atoms with Gasteiger partial charge in [-0.25, -0.2) is 8.78 Å². The monoisotopic (exact) mass is 408 g/mol. The van der Waals surface area contributed by atoms with Crippen molar-refractivity contribution in [3.63, 3.8) is 0 Å². The predicted molar refractivity (Wildman–Crippen MR) is 109 cm³/mol. The van der Waals surface area contributed by atoms with Crippen LogP contribution in [0.3, 0.4) is 0 Å². The highest BCUT2D eigenvalue weighted by Gasteiger charge is 2.24. The molecule has 2 aliphatic heterocycles. The van der Waals surface area contributed by atoms with Crippen LogP contribution >= 0.6 is 0 Å². The van der Waals surface area contributed by atoms with Gasteiger partial charge in [0.1, 0.15) is 36.6 Å². The van der Waals surface area contributed by atoms with Crippen molar-refractivity contribution in [3.05, 3.63) is 94.6 Å². The molecule has 5 rings (SSSR count). The molecule has 30 heavy (non-hydrogen) atoms. The quantitative estimate of drug-likeness (QED) is 0.627. The van der Waals surface area contributed by atoms with Gasteiger partial charge in [-0.05, 0) is 47.5 Å². The number of rotatable bonds is 4. The fourth-order valence-corrected chi connectivity index (χ4v) is 3.95. The third-order valence-corrected chi connectivity index (χ3v) is 5.48.